The van der Waals surface area contributed by atoms with Gasteiger partial charge in [-0.3, -0.25) is 9.78 Å². The summed E-state index contributed by atoms with van der Waals surface area (Å²) in [5.41, 5.74) is 1.18. The van der Waals surface area contributed by atoms with Crippen LogP contribution in [0.25, 0.3) is 0 Å². The van der Waals surface area contributed by atoms with Crippen molar-refractivity contribution in [2.75, 3.05) is 31.6 Å². The van der Waals surface area contributed by atoms with Crippen molar-refractivity contribution in [3.63, 3.8) is 0 Å². The van der Waals surface area contributed by atoms with Gasteiger partial charge in [0.25, 0.3) is 0 Å². The van der Waals surface area contributed by atoms with Gasteiger partial charge in [-0.1, -0.05) is 12.1 Å². The molecule has 1 aromatic carbocycles. The summed E-state index contributed by atoms with van der Waals surface area (Å²) in [5, 5.41) is 0. The number of ether oxygens (including phenoxy) is 1. The average Bonchev–Trinajstić information content (AvgIpc) is 3.24. The van der Waals surface area contributed by atoms with E-state index in [0.717, 1.165) is 56.9 Å². The van der Waals surface area contributed by atoms with E-state index in [0.29, 0.717) is 5.91 Å². The Balaban J connectivity index is 1.42. The summed E-state index contributed by atoms with van der Waals surface area (Å²) in [4.78, 5) is 26.1. The van der Waals surface area contributed by atoms with Gasteiger partial charge in [0.05, 0.1) is 19.3 Å². The molecule has 2 aliphatic rings. The van der Waals surface area contributed by atoms with E-state index in [1.807, 2.05) is 12.1 Å². The second-order valence-corrected chi connectivity index (χ2v) is 7.29. The Bertz CT molecular complexity index is 775. The van der Waals surface area contributed by atoms with E-state index < -0.39 is 0 Å². The first-order chi connectivity index (χ1) is 13.3. The molecule has 0 radical (unpaired) electrons. The highest BCUT2D eigenvalue weighted by Crippen LogP contribution is 2.36. The lowest BCUT2D eigenvalue weighted by Gasteiger charge is -2.35. The highest BCUT2D eigenvalue weighted by Gasteiger charge is 2.35. The minimum Gasteiger partial charge on any atom is -0.497 e. The molecule has 2 aliphatic heterocycles. The van der Waals surface area contributed by atoms with Crippen LogP contribution in [0.2, 0.25) is 0 Å². The number of benzene rings is 1. The highest BCUT2D eigenvalue weighted by atomic mass is 16.5. The average molecular weight is 366 g/mol. The third-order valence-electron chi connectivity index (χ3n) is 5.73. The third-order valence-corrected chi connectivity index (χ3v) is 5.73. The van der Waals surface area contributed by atoms with Gasteiger partial charge in [0.1, 0.15) is 11.6 Å². The van der Waals surface area contributed by atoms with Crippen molar-refractivity contribution in [3.8, 4) is 5.75 Å². The molecule has 0 spiro atoms. The lowest BCUT2D eigenvalue weighted by molar-refractivity contribution is -0.137. The third kappa shape index (κ3) is 3.75. The van der Waals surface area contributed by atoms with Crippen LogP contribution in [0, 0.1) is 5.92 Å². The van der Waals surface area contributed by atoms with Gasteiger partial charge in [-0.25, -0.2) is 4.98 Å². The zero-order chi connectivity index (χ0) is 18.6. The SMILES string of the molecule is COc1cccc(C2CCCN2C(=O)C2CCN(c3cnccn3)CC2)c1. The maximum absolute atomic E-state index is 13.2. The molecule has 142 valence electrons. The molecule has 0 N–H and O–H groups in total. The van der Waals surface area contributed by atoms with E-state index in [9.17, 15) is 4.79 Å². The van der Waals surface area contributed by atoms with Crippen LogP contribution in [-0.4, -0.2) is 47.5 Å². The lowest BCUT2D eigenvalue weighted by atomic mass is 9.94. The highest BCUT2D eigenvalue weighted by molar-refractivity contribution is 5.80. The van der Waals surface area contributed by atoms with E-state index in [1.165, 1.54) is 5.56 Å². The Kier molecular flexibility index (Phi) is 5.23. The minimum absolute atomic E-state index is 0.101. The number of amides is 1. The molecule has 6 nitrogen and oxygen atoms in total. The Morgan fingerprint density at radius 3 is 2.74 bits per heavy atom. The maximum atomic E-state index is 13.2. The topological polar surface area (TPSA) is 58.6 Å². The Labute approximate surface area is 160 Å². The summed E-state index contributed by atoms with van der Waals surface area (Å²) in [6.07, 6.45) is 9.03. The number of rotatable bonds is 4. The van der Waals surface area contributed by atoms with E-state index in [1.54, 1.807) is 25.7 Å². The van der Waals surface area contributed by atoms with Crippen molar-refractivity contribution in [2.24, 2.45) is 5.92 Å². The Morgan fingerprint density at radius 2 is 2.00 bits per heavy atom. The van der Waals surface area contributed by atoms with Crippen molar-refractivity contribution in [1.82, 2.24) is 14.9 Å². The molecule has 6 heteroatoms. The van der Waals surface area contributed by atoms with Crippen molar-refractivity contribution in [3.05, 3.63) is 48.4 Å². The summed E-state index contributed by atoms with van der Waals surface area (Å²) in [5.74, 6) is 2.16. The predicted molar refractivity (Wildman–Crippen MR) is 104 cm³/mol. The predicted octanol–water partition coefficient (Wildman–Crippen LogP) is 3.07. The van der Waals surface area contributed by atoms with Crippen LogP contribution in [0.5, 0.6) is 5.75 Å². The first-order valence-electron chi connectivity index (χ1n) is 9.71. The molecule has 0 bridgehead atoms. The van der Waals surface area contributed by atoms with Gasteiger partial charge < -0.3 is 14.5 Å². The summed E-state index contributed by atoms with van der Waals surface area (Å²) >= 11 is 0. The van der Waals surface area contributed by atoms with Gasteiger partial charge in [0, 0.05) is 37.9 Å². The number of likely N-dealkylation sites (tertiary alicyclic amines) is 1. The van der Waals surface area contributed by atoms with Crippen LogP contribution in [0.4, 0.5) is 5.82 Å². The number of piperidine rings is 1. The molecule has 1 unspecified atom stereocenters. The molecule has 1 atom stereocenters. The molecule has 3 heterocycles. The van der Waals surface area contributed by atoms with Crippen LogP contribution in [0.3, 0.4) is 0 Å². The van der Waals surface area contributed by atoms with Crippen LogP contribution in [0.1, 0.15) is 37.3 Å². The molecule has 2 aromatic rings. The molecule has 1 aromatic heterocycles. The number of aromatic nitrogens is 2. The number of carbonyl (C=O) groups is 1. The monoisotopic (exact) mass is 366 g/mol. The number of hydrogen-bond acceptors (Lipinski definition) is 5. The number of hydrogen-bond donors (Lipinski definition) is 0. The van der Waals surface area contributed by atoms with Gasteiger partial charge in [0.2, 0.25) is 5.91 Å². The molecule has 4 rings (SSSR count). The number of anilines is 1. The second-order valence-electron chi connectivity index (χ2n) is 7.29. The second kappa shape index (κ2) is 7.94. The van der Waals surface area contributed by atoms with E-state index >= 15 is 0 Å². The fraction of sp³-hybridized carbons (Fsp3) is 0.476. The molecule has 0 aliphatic carbocycles. The first-order valence-corrected chi connectivity index (χ1v) is 9.71. The largest absolute Gasteiger partial charge is 0.497 e. The molecular weight excluding hydrogens is 340 g/mol. The molecule has 2 fully saturated rings. The normalized spacial score (nSPS) is 20.7. The number of methoxy groups -OCH3 is 1. The Morgan fingerprint density at radius 1 is 1.15 bits per heavy atom. The van der Waals surface area contributed by atoms with E-state index in [2.05, 4.69) is 31.9 Å². The van der Waals surface area contributed by atoms with Crippen molar-refractivity contribution in [2.45, 2.75) is 31.7 Å². The summed E-state index contributed by atoms with van der Waals surface area (Å²) < 4.78 is 5.36. The fourth-order valence-corrected chi connectivity index (χ4v) is 4.27. The number of carbonyl (C=O) groups excluding carboxylic acids is 1. The summed E-state index contributed by atoms with van der Waals surface area (Å²) in [7, 11) is 1.68. The van der Waals surface area contributed by atoms with Crippen LogP contribution in [0.15, 0.2) is 42.9 Å². The van der Waals surface area contributed by atoms with Gasteiger partial charge in [-0.2, -0.15) is 0 Å². The van der Waals surface area contributed by atoms with Gasteiger partial charge in [0.15, 0.2) is 0 Å². The molecule has 0 saturated carbocycles. The molecule has 2 saturated heterocycles. The lowest BCUT2D eigenvalue weighted by Crippen LogP contribution is -2.42. The molecule has 27 heavy (non-hydrogen) atoms. The van der Waals surface area contributed by atoms with Crippen LogP contribution in [-0.2, 0) is 4.79 Å². The van der Waals surface area contributed by atoms with E-state index in [-0.39, 0.29) is 12.0 Å². The van der Waals surface area contributed by atoms with Gasteiger partial charge >= 0.3 is 0 Å². The zero-order valence-corrected chi connectivity index (χ0v) is 15.8. The minimum atomic E-state index is 0.101. The van der Waals surface area contributed by atoms with Gasteiger partial charge in [-0.05, 0) is 43.4 Å². The first kappa shape index (κ1) is 17.8. The standard InChI is InChI=1S/C21H26N4O2/c1-27-18-5-2-4-17(14-18)19-6-3-11-25(19)21(26)16-7-12-24(13-8-16)20-15-22-9-10-23-20/h2,4-5,9-10,14-16,19H,3,6-8,11-13H2,1H3. The smallest absolute Gasteiger partial charge is 0.226 e. The van der Waals surface area contributed by atoms with Crippen molar-refractivity contribution >= 4 is 11.7 Å². The number of nitrogens with zero attached hydrogens (tertiary/aromatic N) is 4. The Hall–Kier alpha value is -2.63. The maximum Gasteiger partial charge on any atom is 0.226 e. The summed E-state index contributed by atoms with van der Waals surface area (Å²) in [6.45, 7) is 2.56. The quantitative estimate of drug-likeness (QED) is 0.832. The molecular formula is C21H26N4O2. The van der Waals surface area contributed by atoms with Crippen LogP contribution >= 0.6 is 0 Å². The zero-order valence-electron chi connectivity index (χ0n) is 15.8. The van der Waals surface area contributed by atoms with Crippen molar-refractivity contribution in [1.29, 1.82) is 0 Å². The molecule has 1 amide bonds. The summed E-state index contributed by atoms with van der Waals surface area (Å²) in [6, 6.07) is 8.30. The van der Waals surface area contributed by atoms with E-state index in [4.69, 9.17) is 4.74 Å². The van der Waals surface area contributed by atoms with Gasteiger partial charge in [-0.15, -0.1) is 0 Å². The fourth-order valence-electron chi connectivity index (χ4n) is 4.27. The van der Waals surface area contributed by atoms with Crippen LogP contribution < -0.4 is 9.64 Å². The van der Waals surface area contributed by atoms with Crippen molar-refractivity contribution < 1.29 is 9.53 Å².